The molecule has 106 valence electrons. The number of nitrogens with one attached hydrogen (secondary N) is 1. The zero-order valence-electron chi connectivity index (χ0n) is 10.8. The van der Waals surface area contributed by atoms with E-state index in [9.17, 15) is 8.78 Å². The van der Waals surface area contributed by atoms with E-state index < -0.39 is 6.61 Å². The lowest BCUT2D eigenvalue weighted by atomic mass is 9.93. The zero-order valence-corrected chi connectivity index (χ0v) is 10.8. The molecule has 0 amide bonds. The van der Waals surface area contributed by atoms with Crippen molar-refractivity contribution < 1.29 is 17.9 Å². The number of hydrogen-bond donors (Lipinski definition) is 1. The zero-order chi connectivity index (χ0) is 13.9. The maximum absolute atomic E-state index is 12.4. The lowest BCUT2D eigenvalue weighted by molar-refractivity contribution is -0.0493. The van der Waals surface area contributed by atoms with Crippen LogP contribution in [-0.2, 0) is 6.42 Å². The molecule has 1 heterocycles. The highest BCUT2D eigenvalue weighted by Crippen LogP contribution is 2.36. The van der Waals surface area contributed by atoms with Gasteiger partial charge in [-0.15, -0.1) is 0 Å². The molecule has 1 N–H and O–H groups in total. The van der Waals surface area contributed by atoms with E-state index >= 15 is 0 Å². The Balaban J connectivity index is 1.82. The van der Waals surface area contributed by atoms with Gasteiger partial charge in [-0.3, -0.25) is 0 Å². The first kappa shape index (κ1) is 13.0. The number of benzene rings is 1. The second-order valence-corrected chi connectivity index (χ2v) is 4.76. The van der Waals surface area contributed by atoms with Crippen LogP contribution in [0.1, 0.15) is 30.2 Å². The second-order valence-electron chi connectivity index (χ2n) is 4.76. The maximum atomic E-state index is 12.4. The molecule has 3 rings (SSSR count). The van der Waals surface area contributed by atoms with Gasteiger partial charge in [-0.25, -0.2) is 0 Å². The topological polar surface area (TPSA) is 34.4 Å². The lowest BCUT2D eigenvalue weighted by Crippen LogP contribution is -2.16. The number of ether oxygens (including phenoxy) is 1. The predicted molar refractivity (Wildman–Crippen MR) is 71.1 cm³/mol. The van der Waals surface area contributed by atoms with Crippen LogP contribution in [-0.4, -0.2) is 6.61 Å². The summed E-state index contributed by atoms with van der Waals surface area (Å²) in [6.45, 7) is -2.83. The Morgan fingerprint density at radius 2 is 2.10 bits per heavy atom. The minimum atomic E-state index is -2.83. The van der Waals surface area contributed by atoms with Gasteiger partial charge in [0.1, 0.15) is 11.5 Å². The van der Waals surface area contributed by atoms with Crippen molar-refractivity contribution in [1.82, 2.24) is 0 Å². The van der Waals surface area contributed by atoms with Crippen LogP contribution in [0.5, 0.6) is 5.75 Å². The number of para-hydroxylation sites is 2. The van der Waals surface area contributed by atoms with Crippen LogP contribution in [0.2, 0.25) is 0 Å². The average Bonchev–Trinajstić information content (AvgIpc) is 2.90. The summed E-state index contributed by atoms with van der Waals surface area (Å²) in [7, 11) is 0. The van der Waals surface area contributed by atoms with Crippen LogP contribution < -0.4 is 10.1 Å². The van der Waals surface area contributed by atoms with Crippen LogP contribution >= 0.6 is 0 Å². The van der Waals surface area contributed by atoms with Gasteiger partial charge >= 0.3 is 6.61 Å². The fourth-order valence-corrected chi connectivity index (χ4v) is 2.61. The van der Waals surface area contributed by atoms with Crippen LogP contribution in [0.25, 0.3) is 0 Å². The van der Waals surface area contributed by atoms with Crippen LogP contribution in [0, 0.1) is 0 Å². The Labute approximate surface area is 115 Å². The molecule has 0 saturated heterocycles. The van der Waals surface area contributed by atoms with Gasteiger partial charge in [-0.2, -0.15) is 8.78 Å². The SMILES string of the molecule is FC(F)Oc1ccccc1NC1CCCc2occc21. The molecule has 1 aromatic heterocycles. The number of anilines is 1. The van der Waals surface area contributed by atoms with Gasteiger partial charge in [0.05, 0.1) is 18.0 Å². The van der Waals surface area contributed by atoms with E-state index in [0.717, 1.165) is 30.6 Å². The Kier molecular flexibility index (Phi) is 3.58. The number of hydrogen-bond acceptors (Lipinski definition) is 3. The molecule has 1 atom stereocenters. The molecule has 2 aromatic rings. The summed E-state index contributed by atoms with van der Waals surface area (Å²) >= 11 is 0. The first-order valence-corrected chi connectivity index (χ1v) is 6.60. The molecule has 1 aliphatic carbocycles. The van der Waals surface area contributed by atoms with Crippen molar-refractivity contribution in [1.29, 1.82) is 0 Å². The molecule has 0 spiro atoms. The average molecular weight is 279 g/mol. The number of furan rings is 1. The molecule has 1 aliphatic rings. The molecular weight excluding hydrogens is 264 g/mol. The first-order chi connectivity index (χ1) is 9.74. The Morgan fingerprint density at radius 3 is 2.95 bits per heavy atom. The molecule has 20 heavy (non-hydrogen) atoms. The molecule has 0 radical (unpaired) electrons. The van der Waals surface area contributed by atoms with Gasteiger partial charge in [0.25, 0.3) is 0 Å². The van der Waals surface area contributed by atoms with Crippen LogP contribution in [0.15, 0.2) is 41.0 Å². The number of alkyl halides is 2. The van der Waals surface area contributed by atoms with E-state index in [-0.39, 0.29) is 11.8 Å². The fourth-order valence-electron chi connectivity index (χ4n) is 2.61. The van der Waals surface area contributed by atoms with E-state index in [1.54, 1.807) is 24.5 Å². The van der Waals surface area contributed by atoms with Gasteiger partial charge in [-0.1, -0.05) is 12.1 Å². The summed E-state index contributed by atoms with van der Waals surface area (Å²) in [5, 5.41) is 3.28. The third-order valence-electron chi connectivity index (χ3n) is 3.48. The van der Waals surface area contributed by atoms with E-state index in [4.69, 9.17) is 4.42 Å². The Bertz CT molecular complexity index is 583. The summed E-state index contributed by atoms with van der Waals surface area (Å²) in [4.78, 5) is 0. The molecule has 1 unspecified atom stereocenters. The highest BCUT2D eigenvalue weighted by Gasteiger charge is 2.23. The van der Waals surface area contributed by atoms with Crippen molar-refractivity contribution in [3.8, 4) is 5.75 Å². The number of halogens is 2. The molecule has 0 fully saturated rings. The fraction of sp³-hybridized carbons (Fsp3) is 0.333. The van der Waals surface area contributed by atoms with Gasteiger partial charge in [0.2, 0.25) is 0 Å². The standard InChI is InChI=1S/C15H15F2NO2/c16-15(17)20-14-6-2-1-4-12(14)18-11-5-3-7-13-10(11)8-9-19-13/h1-2,4,6,8-9,11,15,18H,3,5,7H2. The van der Waals surface area contributed by atoms with Crippen molar-refractivity contribution in [3.05, 3.63) is 47.9 Å². The predicted octanol–water partition coefficient (Wildman–Crippen LogP) is 4.37. The number of rotatable bonds is 4. The summed E-state index contributed by atoms with van der Waals surface area (Å²) in [5.41, 5.74) is 1.68. The smallest absolute Gasteiger partial charge is 0.387 e. The summed E-state index contributed by atoms with van der Waals surface area (Å²) in [6, 6.07) is 8.75. The maximum Gasteiger partial charge on any atom is 0.387 e. The minimum absolute atomic E-state index is 0.0694. The Hall–Kier alpha value is -2.04. The van der Waals surface area contributed by atoms with Gasteiger partial charge in [0.15, 0.2) is 0 Å². The molecule has 0 saturated carbocycles. The molecule has 0 bridgehead atoms. The highest BCUT2D eigenvalue weighted by atomic mass is 19.3. The first-order valence-electron chi connectivity index (χ1n) is 6.60. The molecule has 1 aromatic carbocycles. The minimum Gasteiger partial charge on any atom is -0.469 e. The normalized spacial score (nSPS) is 17.9. The largest absolute Gasteiger partial charge is 0.469 e. The quantitative estimate of drug-likeness (QED) is 0.902. The lowest BCUT2D eigenvalue weighted by Gasteiger charge is -2.24. The van der Waals surface area contributed by atoms with E-state index in [1.165, 1.54) is 6.07 Å². The summed E-state index contributed by atoms with van der Waals surface area (Å²) in [5.74, 6) is 1.14. The van der Waals surface area contributed by atoms with Gasteiger partial charge in [-0.05, 0) is 31.0 Å². The van der Waals surface area contributed by atoms with Gasteiger partial charge < -0.3 is 14.5 Å². The number of fused-ring (bicyclic) bond motifs is 1. The third-order valence-corrected chi connectivity index (χ3v) is 3.48. The van der Waals surface area contributed by atoms with Crippen LogP contribution in [0.3, 0.4) is 0 Å². The highest BCUT2D eigenvalue weighted by molar-refractivity contribution is 5.57. The van der Waals surface area contributed by atoms with Crippen molar-refractivity contribution >= 4 is 5.69 Å². The van der Waals surface area contributed by atoms with E-state index in [2.05, 4.69) is 10.1 Å². The molecule has 5 heteroatoms. The summed E-state index contributed by atoms with van der Waals surface area (Å²) in [6.07, 6.45) is 4.55. The molecular formula is C15H15F2NO2. The van der Waals surface area contributed by atoms with Crippen molar-refractivity contribution in [2.24, 2.45) is 0 Å². The van der Waals surface area contributed by atoms with E-state index in [1.807, 2.05) is 6.07 Å². The summed E-state index contributed by atoms with van der Waals surface area (Å²) < 4.78 is 34.8. The van der Waals surface area contributed by atoms with Gasteiger partial charge in [0, 0.05) is 12.0 Å². The second kappa shape index (κ2) is 5.53. The van der Waals surface area contributed by atoms with Crippen molar-refractivity contribution in [2.45, 2.75) is 31.9 Å². The third kappa shape index (κ3) is 2.61. The van der Waals surface area contributed by atoms with Crippen molar-refractivity contribution in [2.75, 3.05) is 5.32 Å². The van der Waals surface area contributed by atoms with Crippen LogP contribution in [0.4, 0.5) is 14.5 Å². The molecule has 0 aliphatic heterocycles. The number of aryl methyl sites for hydroxylation is 1. The van der Waals surface area contributed by atoms with Crippen molar-refractivity contribution in [3.63, 3.8) is 0 Å². The molecule has 3 nitrogen and oxygen atoms in total. The monoisotopic (exact) mass is 279 g/mol. The van der Waals surface area contributed by atoms with E-state index in [0.29, 0.717) is 5.69 Å². The Morgan fingerprint density at radius 1 is 1.25 bits per heavy atom.